The predicted octanol–water partition coefficient (Wildman–Crippen LogP) is 0.650. The maximum atomic E-state index is 11.8. The number of hydrogen-bond acceptors (Lipinski definition) is 3. The molecule has 1 amide bonds. The number of aliphatic carboxylic acids is 1. The van der Waals surface area contributed by atoms with E-state index < -0.39 is 5.97 Å². The van der Waals surface area contributed by atoms with Gasteiger partial charge in [-0.2, -0.15) is 0 Å². The van der Waals surface area contributed by atoms with Crippen LogP contribution in [0.4, 0.5) is 0 Å². The Hall–Kier alpha value is -1.10. The summed E-state index contributed by atoms with van der Waals surface area (Å²) in [4.78, 5) is 25.7. The van der Waals surface area contributed by atoms with Gasteiger partial charge in [-0.05, 0) is 27.3 Å². The third-order valence-electron chi connectivity index (χ3n) is 2.44. The molecular weight excluding hydrogens is 208 g/mol. The highest BCUT2D eigenvalue weighted by Crippen LogP contribution is 1.98. The van der Waals surface area contributed by atoms with Gasteiger partial charge >= 0.3 is 5.97 Å². The lowest BCUT2D eigenvalue weighted by Crippen LogP contribution is -2.43. The zero-order valence-corrected chi connectivity index (χ0v) is 10.6. The lowest BCUT2D eigenvalue weighted by atomic mass is 10.3. The summed E-state index contributed by atoms with van der Waals surface area (Å²) in [6, 6.07) is 0.275. The van der Waals surface area contributed by atoms with Crippen molar-refractivity contribution in [1.82, 2.24) is 9.80 Å². The number of carbonyl (C=O) groups excluding carboxylic acids is 1. The van der Waals surface area contributed by atoms with Crippen molar-refractivity contribution in [2.24, 2.45) is 0 Å². The van der Waals surface area contributed by atoms with E-state index in [0.717, 1.165) is 6.42 Å². The molecule has 0 aliphatic carbocycles. The molecule has 0 aromatic heterocycles. The maximum Gasteiger partial charge on any atom is 0.323 e. The number of hydrogen-bond donors (Lipinski definition) is 1. The first-order chi connectivity index (χ1) is 7.38. The summed E-state index contributed by atoms with van der Waals surface area (Å²) in [5, 5.41) is 8.70. The van der Waals surface area contributed by atoms with Crippen molar-refractivity contribution >= 4 is 11.9 Å². The van der Waals surface area contributed by atoms with Gasteiger partial charge in [0.25, 0.3) is 0 Å². The van der Waals surface area contributed by atoms with Crippen LogP contribution in [0.1, 0.15) is 27.2 Å². The third kappa shape index (κ3) is 5.70. The van der Waals surface area contributed by atoms with E-state index in [0.29, 0.717) is 6.54 Å². The fourth-order valence-corrected chi connectivity index (χ4v) is 1.22. The second kappa shape index (κ2) is 7.22. The van der Waals surface area contributed by atoms with Gasteiger partial charge in [0, 0.05) is 12.6 Å². The first kappa shape index (κ1) is 14.9. The van der Waals surface area contributed by atoms with Crippen LogP contribution in [0.2, 0.25) is 0 Å². The van der Waals surface area contributed by atoms with Gasteiger partial charge < -0.3 is 10.0 Å². The second-order valence-electron chi connectivity index (χ2n) is 4.22. The molecular formula is C11H22N2O3. The molecule has 16 heavy (non-hydrogen) atoms. The van der Waals surface area contributed by atoms with Gasteiger partial charge in [-0.3, -0.25) is 14.5 Å². The molecule has 0 radical (unpaired) electrons. The molecule has 0 unspecified atom stereocenters. The largest absolute Gasteiger partial charge is 0.480 e. The van der Waals surface area contributed by atoms with Gasteiger partial charge in [0.05, 0.1) is 6.54 Å². The van der Waals surface area contributed by atoms with Crippen LogP contribution >= 0.6 is 0 Å². The SMILES string of the molecule is CCCN(CC(=O)O)C(=O)CN(C)C(C)C. The lowest BCUT2D eigenvalue weighted by molar-refractivity contribution is -0.145. The van der Waals surface area contributed by atoms with Crippen molar-refractivity contribution in [3.63, 3.8) is 0 Å². The lowest BCUT2D eigenvalue weighted by Gasteiger charge is -2.25. The van der Waals surface area contributed by atoms with E-state index in [2.05, 4.69) is 0 Å². The monoisotopic (exact) mass is 230 g/mol. The smallest absolute Gasteiger partial charge is 0.323 e. The van der Waals surface area contributed by atoms with Gasteiger partial charge in [-0.15, -0.1) is 0 Å². The summed E-state index contributed by atoms with van der Waals surface area (Å²) in [7, 11) is 1.85. The first-order valence-electron chi connectivity index (χ1n) is 5.58. The molecule has 5 nitrogen and oxygen atoms in total. The summed E-state index contributed by atoms with van der Waals surface area (Å²) in [5.74, 6) is -1.09. The molecule has 94 valence electrons. The Morgan fingerprint density at radius 3 is 2.19 bits per heavy atom. The Bertz CT molecular complexity index is 241. The molecule has 0 saturated heterocycles. The van der Waals surface area contributed by atoms with Gasteiger partial charge in [0.1, 0.15) is 6.54 Å². The number of carboxylic acids is 1. The normalized spacial score (nSPS) is 10.9. The third-order valence-corrected chi connectivity index (χ3v) is 2.44. The predicted molar refractivity (Wildman–Crippen MR) is 62.3 cm³/mol. The van der Waals surface area contributed by atoms with E-state index in [-0.39, 0.29) is 25.0 Å². The summed E-state index contributed by atoms with van der Waals surface area (Å²) in [5.41, 5.74) is 0. The maximum absolute atomic E-state index is 11.8. The minimum atomic E-state index is -0.964. The molecule has 0 atom stereocenters. The van der Waals surface area contributed by atoms with E-state index in [1.807, 2.05) is 32.7 Å². The summed E-state index contributed by atoms with van der Waals surface area (Å²) in [6.45, 7) is 6.47. The van der Waals surface area contributed by atoms with Gasteiger partial charge in [-0.25, -0.2) is 0 Å². The number of nitrogens with zero attached hydrogens (tertiary/aromatic N) is 2. The molecule has 0 aliphatic heterocycles. The van der Waals surface area contributed by atoms with E-state index >= 15 is 0 Å². The minimum absolute atomic E-state index is 0.125. The van der Waals surface area contributed by atoms with E-state index in [9.17, 15) is 9.59 Å². The van der Waals surface area contributed by atoms with Crippen LogP contribution in [0.25, 0.3) is 0 Å². The van der Waals surface area contributed by atoms with Crippen LogP contribution < -0.4 is 0 Å². The van der Waals surface area contributed by atoms with E-state index in [1.165, 1.54) is 4.90 Å². The number of likely N-dealkylation sites (N-methyl/N-ethyl adjacent to an activating group) is 1. The van der Waals surface area contributed by atoms with Crippen LogP contribution in [0.3, 0.4) is 0 Å². The van der Waals surface area contributed by atoms with Crippen molar-refractivity contribution in [1.29, 1.82) is 0 Å². The van der Waals surface area contributed by atoms with Crippen LogP contribution in [0.5, 0.6) is 0 Å². The average Bonchev–Trinajstić information content (AvgIpc) is 2.16. The van der Waals surface area contributed by atoms with Gasteiger partial charge in [0.2, 0.25) is 5.91 Å². The number of carbonyl (C=O) groups is 2. The number of rotatable bonds is 7. The Balaban J connectivity index is 4.31. The summed E-state index contributed by atoms with van der Waals surface area (Å²) >= 11 is 0. The van der Waals surface area contributed by atoms with Crippen molar-refractivity contribution in [3.8, 4) is 0 Å². The average molecular weight is 230 g/mol. The van der Waals surface area contributed by atoms with Crippen molar-refractivity contribution in [2.45, 2.75) is 33.2 Å². The zero-order valence-electron chi connectivity index (χ0n) is 10.6. The summed E-state index contributed by atoms with van der Waals surface area (Å²) in [6.07, 6.45) is 0.768. The second-order valence-corrected chi connectivity index (χ2v) is 4.22. The molecule has 0 spiro atoms. The van der Waals surface area contributed by atoms with Gasteiger partial charge in [-0.1, -0.05) is 6.92 Å². The number of amides is 1. The highest BCUT2D eigenvalue weighted by Gasteiger charge is 2.18. The van der Waals surface area contributed by atoms with Crippen LogP contribution in [0.15, 0.2) is 0 Å². The van der Waals surface area contributed by atoms with Crippen LogP contribution in [0, 0.1) is 0 Å². The quantitative estimate of drug-likeness (QED) is 0.697. The fraction of sp³-hybridized carbons (Fsp3) is 0.818. The van der Waals surface area contributed by atoms with E-state index in [1.54, 1.807) is 0 Å². The summed E-state index contributed by atoms with van der Waals surface area (Å²) < 4.78 is 0. The van der Waals surface area contributed by atoms with Crippen molar-refractivity contribution < 1.29 is 14.7 Å². The molecule has 0 aromatic carbocycles. The van der Waals surface area contributed by atoms with Crippen LogP contribution in [-0.2, 0) is 9.59 Å². The molecule has 0 fully saturated rings. The molecule has 0 bridgehead atoms. The Morgan fingerprint density at radius 2 is 1.81 bits per heavy atom. The molecule has 1 N–H and O–H groups in total. The molecule has 0 aromatic rings. The fourth-order valence-electron chi connectivity index (χ4n) is 1.22. The number of carboxylic acid groups (broad SMARTS) is 1. The Labute approximate surface area is 97.0 Å². The Morgan fingerprint density at radius 1 is 1.25 bits per heavy atom. The molecule has 0 rings (SSSR count). The van der Waals surface area contributed by atoms with Crippen LogP contribution in [-0.4, -0.2) is 59.5 Å². The van der Waals surface area contributed by atoms with E-state index in [4.69, 9.17) is 5.11 Å². The topological polar surface area (TPSA) is 60.9 Å². The first-order valence-corrected chi connectivity index (χ1v) is 5.58. The molecule has 0 heterocycles. The highest BCUT2D eigenvalue weighted by atomic mass is 16.4. The zero-order chi connectivity index (χ0) is 12.7. The molecule has 0 aliphatic rings. The standard InChI is InChI=1S/C11H22N2O3/c1-5-6-13(8-11(15)16)10(14)7-12(4)9(2)3/h9H,5-8H2,1-4H3,(H,15,16). The van der Waals surface area contributed by atoms with Crippen molar-refractivity contribution in [2.75, 3.05) is 26.7 Å². The highest BCUT2D eigenvalue weighted by molar-refractivity contribution is 5.82. The molecule has 0 saturated carbocycles. The molecule has 5 heteroatoms. The Kier molecular flexibility index (Phi) is 6.72. The minimum Gasteiger partial charge on any atom is -0.480 e. The van der Waals surface area contributed by atoms with Crippen molar-refractivity contribution in [3.05, 3.63) is 0 Å². The van der Waals surface area contributed by atoms with Gasteiger partial charge in [0.15, 0.2) is 0 Å².